The number of aromatic nitrogens is 1. The molecule has 1 aliphatic rings. The summed E-state index contributed by atoms with van der Waals surface area (Å²) in [5.74, 6) is 0. The highest BCUT2D eigenvalue weighted by Gasteiger charge is 2.20. The van der Waals surface area contributed by atoms with Crippen LogP contribution in [0, 0.1) is 11.3 Å². The maximum Gasteiger partial charge on any atom is 0.134 e. The summed E-state index contributed by atoms with van der Waals surface area (Å²) in [7, 11) is 0. The number of benzene rings is 2. The third kappa shape index (κ3) is 3.39. The Morgan fingerprint density at radius 1 is 1.03 bits per heavy atom. The van der Waals surface area contributed by atoms with E-state index in [1.807, 2.05) is 12.3 Å². The molecule has 4 heteroatoms. The quantitative estimate of drug-likeness (QED) is 0.376. The molecular weight excluding hydrogens is 374 g/mol. The van der Waals surface area contributed by atoms with Gasteiger partial charge in [-0.15, -0.1) is 11.3 Å². The SMILES string of the molecule is N#Cc1c(/N=C/c2cn(Cc3ccccc3)c3ccccc23)sc2c1CCCC2. The van der Waals surface area contributed by atoms with Crippen LogP contribution in [0.2, 0.25) is 0 Å². The van der Waals surface area contributed by atoms with E-state index in [4.69, 9.17) is 4.99 Å². The second-order valence-electron chi connectivity index (χ2n) is 7.48. The van der Waals surface area contributed by atoms with Crippen LogP contribution < -0.4 is 0 Å². The van der Waals surface area contributed by atoms with Crippen molar-refractivity contribution >= 4 is 33.5 Å². The van der Waals surface area contributed by atoms with E-state index in [0.29, 0.717) is 0 Å². The van der Waals surface area contributed by atoms with E-state index in [-0.39, 0.29) is 0 Å². The number of aliphatic imine (C=N–C) groups is 1. The minimum absolute atomic E-state index is 0.786. The van der Waals surface area contributed by atoms with Crippen LogP contribution in [0.3, 0.4) is 0 Å². The molecule has 0 aliphatic heterocycles. The van der Waals surface area contributed by atoms with Crippen molar-refractivity contribution < 1.29 is 0 Å². The largest absolute Gasteiger partial charge is 0.342 e. The maximum absolute atomic E-state index is 9.68. The second kappa shape index (κ2) is 7.69. The zero-order chi connectivity index (χ0) is 19.6. The summed E-state index contributed by atoms with van der Waals surface area (Å²) < 4.78 is 2.27. The number of nitrogens with zero attached hydrogens (tertiary/aromatic N) is 3. The highest BCUT2D eigenvalue weighted by atomic mass is 32.1. The van der Waals surface area contributed by atoms with Gasteiger partial charge in [-0.25, -0.2) is 4.99 Å². The Morgan fingerprint density at radius 2 is 1.83 bits per heavy atom. The predicted molar refractivity (Wildman–Crippen MR) is 120 cm³/mol. The first kappa shape index (κ1) is 17.9. The van der Waals surface area contributed by atoms with Gasteiger partial charge < -0.3 is 4.57 Å². The third-order valence-corrected chi connectivity index (χ3v) is 6.80. The van der Waals surface area contributed by atoms with Crippen LogP contribution >= 0.6 is 11.3 Å². The third-order valence-electron chi connectivity index (χ3n) is 5.60. The monoisotopic (exact) mass is 395 g/mol. The first-order valence-corrected chi connectivity index (χ1v) is 10.9. The number of aryl methyl sites for hydroxylation is 1. The predicted octanol–water partition coefficient (Wildman–Crippen LogP) is 6.25. The Kier molecular flexibility index (Phi) is 4.75. The number of hydrogen-bond acceptors (Lipinski definition) is 3. The van der Waals surface area contributed by atoms with Gasteiger partial charge in [-0.2, -0.15) is 5.26 Å². The van der Waals surface area contributed by atoms with E-state index < -0.39 is 0 Å². The lowest BCUT2D eigenvalue weighted by molar-refractivity contribution is 0.696. The molecule has 0 bridgehead atoms. The summed E-state index contributed by atoms with van der Waals surface area (Å²) in [6.07, 6.45) is 8.59. The molecule has 29 heavy (non-hydrogen) atoms. The van der Waals surface area contributed by atoms with E-state index in [9.17, 15) is 5.26 Å². The van der Waals surface area contributed by atoms with Gasteiger partial charge in [-0.3, -0.25) is 0 Å². The lowest BCUT2D eigenvalue weighted by Crippen LogP contribution is -1.99. The summed E-state index contributed by atoms with van der Waals surface area (Å²) >= 11 is 1.69. The zero-order valence-corrected chi connectivity index (χ0v) is 17.0. The molecule has 0 saturated carbocycles. The van der Waals surface area contributed by atoms with Gasteiger partial charge >= 0.3 is 0 Å². The molecule has 0 N–H and O–H groups in total. The minimum atomic E-state index is 0.786. The fraction of sp³-hybridized carbons (Fsp3) is 0.200. The molecular formula is C25H21N3S. The van der Waals surface area contributed by atoms with Crippen molar-refractivity contribution in [3.05, 3.63) is 87.9 Å². The van der Waals surface area contributed by atoms with Crippen LogP contribution in [0.5, 0.6) is 0 Å². The average Bonchev–Trinajstić information content (AvgIpc) is 3.31. The van der Waals surface area contributed by atoms with E-state index in [1.54, 1.807) is 11.3 Å². The van der Waals surface area contributed by atoms with Crippen molar-refractivity contribution in [3.8, 4) is 6.07 Å². The lowest BCUT2D eigenvalue weighted by Gasteiger charge is -2.09. The van der Waals surface area contributed by atoms with E-state index in [0.717, 1.165) is 35.5 Å². The Bertz CT molecular complexity index is 1240. The van der Waals surface area contributed by atoms with Gasteiger partial charge in [0.15, 0.2) is 0 Å². The van der Waals surface area contributed by atoms with Gasteiger partial charge in [-0.05, 0) is 42.9 Å². The van der Waals surface area contributed by atoms with Gasteiger partial charge in [0.2, 0.25) is 0 Å². The Morgan fingerprint density at radius 3 is 2.69 bits per heavy atom. The van der Waals surface area contributed by atoms with Crippen LogP contribution in [0.1, 0.15) is 40.0 Å². The first-order valence-electron chi connectivity index (χ1n) is 10.0. The molecule has 2 aromatic heterocycles. The van der Waals surface area contributed by atoms with Crippen molar-refractivity contribution in [2.75, 3.05) is 0 Å². The smallest absolute Gasteiger partial charge is 0.134 e. The molecule has 0 amide bonds. The van der Waals surface area contributed by atoms with Crippen molar-refractivity contribution in [1.29, 1.82) is 5.26 Å². The molecule has 1 aliphatic carbocycles. The average molecular weight is 396 g/mol. The van der Waals surface area contributed by atoms with Crippen LogP contribution in [-0.2, 0) is 19.4 Å². The van der Waals surface area contributed by atoms with Gasteiger partial charge in [-0.1, -0.05) is 48.5 Å². The molecule has 0 spiro atoms. The highest BCUT2D eigenvalue weighted by molar-refractivity contribution is 7.16. The zero-order valence-electron chi connectivity index (χ0n) is 16.1. The first-order chi connectivity index (χ1) is 14.3. The van der Waals surface area contributed by atoms with Gasteiger partial charge in [0.1, 0.15) is 11.1 Å². The Balaban J connectivity index is 1.53. The van der Waals surface area contributed by atoms with Gasteiger partial charge in [0.05, 0.1) is 5.56 Å². The van der Waals surface area contributed by atoms with E-state index in [1.165, 1.54) is 39.7 Å². The van der Waals surface area contributed by atoms with Crippen molar-refractivity contribution in [2.45, 2.75) is 32.2 Å². The van der Waals surface area contributed by atoms with Gasteiger partial charge in [0.25, 0.3) is 0 Å². The second-order valence-corrected chi connectivity index (χ2v) is 8.56. The molecule has 142 valence electrons. The number of fused-ring (bicyclic) bond motifs is 2. The topological polar surface area (TPSA) is 41.1 Å². The van der Waals surface area contributed by atoms with E-state index >= 15 is 0 Å². The van der Waals surface area contributed by atoms with Crippen LogP contribution in [0.4, 0.5) is 5.00 Å². The number of rotatable bonds is 4. The molecule has 2 aromatic carbocycles. The molecule has 0 fully saturated rings. The maximum atomic E-state index is 9.68. The molecule has 0 radical (unpaired) electrons. The lowest BCUT2D eigenvalue weighted by atomic mass is 9.96. The fourth-order valence-electron chi connectivity index (χ4n) is 4.17. The van der Waals surface area contributed by atoms with Crippen LogP contribution in [-0.4, -0.2) is 10.8 Å². The number of thiophene rings is 1. The molecule has 2 heterocycles. The van der Waals surface area contributed by atoms with Crippen molar-refractivity contribution in [2.24, 2.45) is 4.99 Å². The number of hydrogen-bond donors (Lipinski definition) is 0. The number of para-hydroxylation sites is 1. The van der Waals surface area contributed by atoms with Crippen molar-refractivity contribution in [3.63, 3.8) is 0 Å². The molecule has 4 aromatic rings. The standard InChI is InChI=1S/C25H21N3S/c26-14-22-21-11-5-7-13-24(21)29-25(22)27-15-19-17-28(16-18-8-2-1-3-9-18)23-12-6-4-10-20(19)23/h1-4,6,8-10,12,15,17H,5,7,11,13,16H2/b27-15+. The molecule has 0 unspecified atom stereocenters. The fourth-order valence-corrected chi connectivity index (χ4v) is 5.36. The summed E-state index contributed by atoms with van der Waals surface area (Å²) in [6, 6.07) is 21.3. The summed E-state index contributed by atoms with van der Waals surface area (Å²) in [4.78, 5) is 6.13. The normalized spacial score (nSPS) is 13.6. The molecule has 3 nitrogen and oxygen atoms in total. The molecule has 0 saturated heterocycles. The molecule has 5 rings (SSSR count). The summed E-state index contributed by atoms with van der Waals surface area (Å²) in [6.45, 7) is 0.825. The van der Waals surface area contributed by atoms with Crippen LogP contribution in [0.25, 0.3) is 10.9 Å². The molecule has 0 atom stereocenters. The minimum Gasteiger partial charge on any atom is -0.342 e. The Hall–Kier alpha value is -3.16. The van der Waals surface area contributed by atoms with Gasteiger partial charge in [0, 0.05) is 40.3 Å². The van der Waals surface area contributed by atoms with Crippen molar-refractivity contribution in [1.82, 2.24) is 4.57 Å². The highest BCUT2D eigenvalue weighted by Crippen LogP contribution is 2.39. The van der Waals surface area contributed by atoms with Crippen LogP contribution in [0.15, 0.2) is 65.8 Å². The summed E-state index contributed by atoms with van der Waals surface area (Å²) in [5.41, 5.74) is 5.58. The van der Waals surface area contributed by atoms with E-state index in [2.05, 4.69) is 65.4 Å². The summed E-state index contributed by atoms with van der Waals surface area (Å²) in [5, 5.41) is 11.7. The Labute approximate surface area is 174 Å². The number of nitriles is 1.